The second-order valence-corrected chi connectivity index (χ2v) is 5.49. The Hall–Kier alpha value is -1.65. The summed E-state index contributed by atoms with van der Waals surface area (Å²) in [5.74, 6) is 0. The fourth-order valence-corrected chi connectivity index (χ4v) is 2.90. The SMILES string of the molecule is OCc1ccc(CN2CCCC(n3cccn3)C2)cc1. The third-order valence-corrected chi connectivity index (χ3v) is 3.99. The maximum atomic E-state index is 9.07. The number of hydrogen-bond donors (Lipinski definition) is 1. The molecule has 3 rings (SSSR count). The van der Waals surface area contributed by atoms with Crippen LogP contribution in [0.15, 0.2) is 42.7 Å². The quantitative estimate of drug-likeness (QED) is 0.927. The van der Waals surface area contributed by atoms with E-state index in [0.29, 0.717) is 6.04 Å². The van der Waals surface area contributed by atoms with Gasteiger partial charge in [0.25, 0.3) is 0 Å². The highest BCUT2D eigenvalue weighted by molar-refractivity contribution is 5.21. The van der Waals surface area contributed by atoms with Crippen molar-refractivity contribution in [3.63, 3.8) is 0 Å². The summed E-state index contributed by atoms with van der Waals surface area (Å²) in [7, 11) is 0. The standard InChI is InChI=1S/C16H21N3O/c20-13-15-6-4-14(5-7-15)11-18-9-1-3-16(12-18)19-10-2-8-17-19/h2,4-8,10,16,20H,1,3,9,11-13H2. The van der Waals surface area contributed by atoms with Gasteiger partial charge in [0.2, 0.25) is 0 Å². The number of aliphatic hydroxyl groups is 1. The average Bonchev–Trinajstić information content (AvgIpc) is 3.03. The summed E-state index contributed by atoms with van der Waals surface area (Å²) in [6, 6.07) is 10.7. The fraction of sp³-hybridized carbons (Fsp3) is 0.438. The molecule has 0 radical (unpaired) electrons. The third kappa shape index (κ3) is 3.08. The van der Waals surface area contributed by atoms with Crippen molar-refractivity contribution < 1.29 is 5.11 Å². The van der Waals surface area contributed by atoms with E-state index in [-0.39, 0.29) is 6.61 Å². The van der Waals surface area contributed by atoms with Crippen LogP contribution in [0.25, 0.3) is 0 Å². The van der Waals surface area contributed by atoms with Gasteiger partial charge in [-0.05, 0) is 36.6 Å². The molecule has 1 aliphatic heterocycles. The molecule has 2 aromatic rings. The molecule has 4 nitrogen and oxygen atoms in total. The van der Waals surface area contributed by atoms with Crippen LogP contribution in [-0.2, 0) is 13.2 Å². The molecule has 1 saturated heterocycles. The largest absolute Gasteiger partial charge is 0.392 e. The smallest absolute Gasteiger partial charge is 0.0681 e. The Labute approximate surface area is 119 Å². The lowest BCUT2D eigenvalue weighted by atomic mass is 10.0. The van der Waals surface area contributed by atoms with E-state index in [1.165, 1.54) is 18.4 Å². The van der Waals surface area contributed by atoms with Crippen LogP contribution in [0, 0.1) is 0 Å². The van der Waals surface area contributed by atoms with E-state index in [9.17, 15) is 0 Å². The first-order chi connectivity index (χ1) is 9.85. The number of aliphatic hydroxyl groups excluding tert-OH is 1. The zero-order valence-corrected chi connectivity index (χ0v) is 11.7. The van der Waals surface area contributed by atoms with Crippen molar-refractivity contribution in [2.45, 2.75) is 32.0 Å². The molecular weight excluding hydrogens is 250 g/mol. The number of likely N-dealkylation sites (tertiary alicyclic amines) is 1. The Morgan fingerprint density at radius 1 is 1.20 bits per heavy atom. The highest BCUT2D eigenvalue weighted by Gasteiger charge is 2.21. The van der Waals surface area contributed by atoms with E-state index >= 15 is 0 Å². The molecular formula is C16H21N3O. The minimum atomic E-state index is 0.116. The molecule has 0 amide bonds. The highest BCUT2D eigenvalue weighted by atomic mass is 16.3. The van der Waals surface area contributed by atoms with Crippen LogP contribution in [0.2, 0.25) is 0 Å². The van der Waals surface area contributed by atoms with Crippen LogP contribution in [0.3, 0.4) is 0 Å². The molecule has 1 aromatic carbocycles. The first-order valence-electron chi connectivity index (χ1n) is 7.25. The van der Waals surface area contributed by atoms with Crippen molar-refractivity contribution in [3.05, 3.63) is 53.9 Å². The van der Waals surface area contributed by atoms with Crippen molar-refractivity contribution in [2.24, 2.45) is 0 Å². The average molecular weight is 271 g/mol. The van der Waals surface area contributed by atoms with Crippen molar-refractivity contribution in [3.8, 4) is 0 Å². The van der Waals surface area contributed by atoms with E-state index < -0.39 is 0 Å². The summed E-state index contributed by atoms with van der Waals surface area (Å²) >= 11 is 0. The molecule has 0 saturated carbocycles. The number of piperidine rings is 1. The summed E-state index contributed by atoms with van der Waals surface area (Å²) in [6.07, 6.45) is 6.34. The molecule has 1 aliphatic rings. The van der Waals surface area contributed by atoms with Crippen molar-refractivity contribution in [1.82, 2.24) is 14.7 Å². The predicted molar refractivity (Wildman–Crippen MR) is 78.1 cm³/mol. The first-order valence-corrected chi connectivity index (χ1v) is 7.25. The minimum Gasteiger partial charge on any atom is -0.392 e. The van der Waals surface area contributed by atoms with Crippen LogP contribution in [0.5, 0.6) is 0 Å². The van der Waals surface area contributed by atoms with Crippen molar-refractivity contribution >= 4 is 0 Å². The van der Waals surface area contributed by atoms with Gasteiger partial charge >= 0.3 is 0 Å². The van der Waals surface area contributed by atoms with Gasteiger partial charge in [-0.25, -0.2) is 0 Å². The van der Waals surface area contributed by atoms with E-state index in [4.69, 9.17) is 5.11 Å². The Morgan fingerprint density at radius 2 is 2.00 bits per heavy atom. The normalized spacial score (nSPS) is 20.1. The third-order valence-electron chi connectivity index (χ3n) is 3.99. The predicted octanol–water partition coefficient (Wildman–Crippen LogP) is 2.21. The van der Waals surface area contributed by atoms with Crippen LogP contribution in [0.4, 0.5) is 0 Å². The Balaban J connectivity index is 1.62. The Morgan fingerprint density at radius 3 is 2.70 bits per heavy atom. The molecule has 1 N–H and O–H groups in total. The van der Waals surface area contributed by atoms with Gasteiger partial charge in [-0.1, -0.05) is 24.3 Å². The number of nitrogens with zero attached hydrogens (tertiary/aromatic N) is 3. The molecule has 2 heterocycles. The zero-order chi connectivity index (χ0) is 13.8. The van der Waals surface area contributed by atoms with Crippen molar-refractivity contribution in [2.75, 3.05) is 13.1 Å². The summed E-state index contributed by atoms with van der Waals surface area (Å²) in [5.41, 5.74) is 2.28. The second-order valence-electron chi connectivity index (χ2n) is 5.49. The molecule has 1 fully saturated rings. The van der Waals surface area contributed by atoms with Crippen LogP contribution < -0.4 is 0 Å². The summed E-state index contributed by atoms with van der Waals surface area (Å²) in [6.45, 7) is 3.30. The summed E-state index contributed by atoms with van der Waals surface area (Å²) in [5, 5.41) is 13.4. The molecule has 106 valence electrons. The maximum absolute atomic E-state index is 9.07. The number of hydrogen-bond acceptors (Lipinski definition) is 3. The van der Waals surface area contributed by atoms with Crippen LogP contribution >= 0.6 is 0 Å². The van der Waals surface area contributed by atoms with Gasteiger partial charge in [0, 0.05) is 25.5 Å². The van der Waals surface area contributed by atoms with Gasteiger partial charge in [-0.2, -0.15) is 5.10 Å². The summed E-state index contributed by atoms with van der Waals surface area (Å²) < 4.78 is 2.08. The second kappa shape index (κ2) is 6.20. The molecule has 1 unspecified atom stereocenters. The van der Waals surface area contributed by atoms with E-state index in [1.807, 2.05) is 24.4 Å². The van der Waals surface area contributed by atoms with E-state index in [0.717, 1.165) is 25.2 Å². The minimum absolute atomic E-state index is 0.116. The Kier molecular flexibility index (Phi) is 4.14. The topological polar surface area (TPSA) is 41.3 Å². The molecule has 4 heteroatoms. The van der Waals surface area contributed by atoms with Gasteiger partial charge in [-0.15, -0.1) is 0 Å². The number of aromatic nitrogens is 2. The molecule has 20 heavy (non-hydrogen) atoms. The van der Waals surface area contributed by atoms with Gasteiger partial charge in [0.05, 0.1) is 12.6 Å². The van der Waals surface area contributed by atoms with Gasteiger partial charge in [0.15, 0.2) is 0 Å². The van der Waals surface area contributed by atoms with Crippen molar-refractivity contribution in [1.29, 1.82) is 0 Å². The lowest BCUT2D eigenvalue weighted by Gasteiger charge is -2.32. The van der Waals surface area contributed by atoms with Gasteiger partial charge in [0.1, 0.15) is 0 Å². The highest BCUT2D eigenvalue weighted by Crippen LogP contribution is 2.22. The zero-order valence-electron chi connectivity index (χ0n) is 11.7. The maximum Gasteiger partial charge on any atom is 0.0681 e. The fourth-order valence-electron chi connectivity index (χ4n) is 2.90. The molecule has 1 atom stereocenters. The lowest BCUT2D eigenvalue weighted by Crippen LogP contribution is -2.36. The molecule has 1 aromatic heterocycles. The first kappa shape index (κ1) is 13.3. The van der Waals surface area contributed by atoms with Crippen LogP contribution in [-0.4, -0.2) is 32.9 Å². The number of benzene rings is 1. The Bertz CT molecular complexity index is 521. The van der Waals surface area contributed by atoms with E-state index in [2.05, 4.69) is 33.0 Å². The van der Waals surface area contributed by atoms with Crippen LogP contribution in [0.1, 0.15) is 30.0 Å². The summed E-state index contributed by atoms with van der Waals surface area (Å²) in [4.78, 5) is 2.49. The molecule has 0 aliphatic carbocycles. The monoisotopic (exact) mass is 271 g/mol. The lowest BCUT2D eigenvalue weighted by molar-refractivity contribution is 0.163. The van der Waals surface area contributed by atoms with Gasteiger partial charge in [-0.3, -0.25) is 9.58 Å². The van der Waals surface area contributed by atoms with E-state index in [1.54, 1.807) is 0 Å². The molecule has 0 spiro atoms. The number of rotatable bonds is 4. The molecule has 0 bridgehead atoms. The van der Waals surface area contributed by atoms with Gasteiger partial charge < -0.3 is 5.11 Å².